The van der Waals surface area contributed by atoms with E-state index >= 15 is 0 Å². The number of ether oxygens (including phenoxy) is 1. The first kappa shape index (κ1) is 9.88. The van der Waals surface area contributed by atoms with E-state index < -0.39 is 0 Å². The van der Waals surface area contributed by atoms with Crippen LogP contribution in [0.25, 0.3) is 0 Å². The van der Waals surface area contributed by atoms with Crippen molar-refractivity contribution in [2.75, 3.05) is 21.1 Å². The molecule has 0 fully saturated rings. The molecule has 0 aliphatic carbocycles. The van der Waals surface area contributed by atoms with E-state index in [-0.39, 0.29) is 12.5 Å². The van der Waals surface area contributed by atoms with Gasteiger partial charge in [0.2, 0.25) is 0 Å². The van der Waals surface area contributed by atoms with Crippen molar-refractivity contribution < 1.29 is 4.74 Å². The van der Waals surface area contributed by atoms with Gasteiger partial charge in [-0.3, -0.25) is 10.2 Å². The van der Waals surface area contributed by atoms with Gasteiger partial charge in [0, 0.05) is 0 Å². The highest BCUT2D eigenvalue weighted by molar-refractivity contribution is 4.47. The zero-order valence-corrected chi connectivity index (χ0v) is 7.51. The predicted molar refractivity (Wildman–Crippen MR) is 42.8 cm³/mol. The molecule has 0 rings (SSSR count). The van der Waals surface area contributed by atoms with E-state index in [1.54, 1.807) is 0 Å². The molecule has 0 spiro atoms. The molecule has 0 saturated heterocycles. The molecule has 0 aromatic heterocycles. The standard InChI is InChI=1S/C7H18N2O/c1-6(8-3)10-7(2)9(4)5/h6-8H,1-5H3. The maximum atomic E-state index is 5.48. The lowest BCUT2D eigenvalue weighted by Crippen LogP contribution is -2.35. The lowest BCUT2D eigenvalue weighted by atomic mass is 10.5. The zero-order chi connectivity index (χ0) is 8.15. The van der Waals surface area contributed by atoms with Gasteiger partial charge < -0.3 is 4.74 Å². The van der Waals surface area contributed by atoms with Crippen LogP contribution in [-0.2, 0) is 4.74 Å². The molecule has 62 valence electrons. The van der Waals surface area contributed by atoms with E-state index in [2.05, 4.69) is 5.32 Å². The summed E-state index contributed by atoms with van der Waals surface area (Å²) in [6.45, 7) is 4.01. The minimum Gasteiger partial charge on any atom is -0.346 e. The Hall–Kier alpha value is -0.120. The summed E-state index contributed by atoms with van der Waals surface area (Å²) >= 11 is 0. The van der Waals surface area contributed by atoms with Crippen molar-refractivity contribution in [3.8, 4) is 0 Å². The Morgan fingerprint density at radius 1 is 1.30 bits per heavy atom. The summed E-state index contributed by atoms with van der Waals surface area (Å²) in [5.41, 5.74) is 0. The van der Waals surface area contributed by atoms with E-state index in [0.29, 0.717) is 0 Å². The number of nitrogens with zero attached hydrogens (tertiary/aromatic N) is 1. The summed E-state index contributed by atoms with van der Waals surface area (Å²) in [6, 6.07) is 0. The molecule has 3 nitrogen and oxygen atoms in total. The second-order valence-electron chi connectivity index (χ2n) is 2.63. The molecule has 1 N–H and O–H groups in total. The molecule has 0 aliphatic heterocycles. The first-order valence-electron chi connectivity index (χ1n) is 3.57. The summed E-state index contributed by atoms with van der Waals surface area (Å²) in [4.78, 5) is 2.02. The summed E-state index contributed by atoms with van der Waals surface area (Å²) in [7, 11) is 5.87. The fourth-order valence-corrected chi connectivity index (χ4v) is 0.485. The highest BCUT2D eigenvalue weighted by Gasteiger charge is 2.06. The van der Waals surface area contributed by atoms with Gasteiger partial charge >= 0.3 is 0 Å². The van der Waals surface area contributed by atoms with Gasteiger partial charge in [0.05, 0.1) is 0 Å². The Balaban J connectivity index is 3.46. The molecule has 0 heterocycles. The maximum absolute atomic E-state index is 5.48. The third-order valence-electron chi connectivity index (χ3n) is 1.53. The third-order valence-corrected chi connectivity index (χ3v) is 1.53. The monoisotopic (exact) mass is 146 g/mol. The van der Waals surface area contributed by atoms with E-state index in [4.69, 9.17) is 4.74 Å². The van der Waals surface area contributed by atoms with Crippen LogP contribution in [-0.4, -0.2) is 38.5 Å². The SMILES string of the molecule is CNC(C)OC(C)N(C)C. The van der Waals surface area contributed by atoms with Crippen molar-refractivity contribution in [3.05, 3.63) is 0 Å². The second-order valence-corrected chi connectivity index (χ2v) is 2.63. The van der Waals surface area contributed by atoms with Gasteiger partial charge in [-0.15, -0.1) is 0 Å². The van der Waals surface area contributed by atoms with Crippen LogP contribution in [0.2, 0.25) is 0 Å². The number of hydrogen-bond donors (Lipinski definition) is 1. The smallest absolute Gasteiger partial charge is 0.109 e. The van der Waals surface area contributed by atoms with E-state index in [1.807, 2.05) is 39.9 Å². The fraction of sp³-hybridized carbons (Fsp3) is 1.00. The highest BCUT2D eigenvalue weighted by Crippen LogP contribution is 1.96. The summed E-state index contributed by atoms with van der Waals surface area (Å²) < 4.78 is 5.48. The van der Waals surface area contributed by atoms with Crippen LogP contribution in [0.4, 0.5) is 0 Å². The van der Waals surface area contributed by atoms with Crippen LogP contribution in [0.3, 0.4) is 0 Å². The van der Waals surface area contributed by atoms with Gasteiger partial charge in [0.15, 0.2) is 0 Å². The third kappa shape index (κ3) is 3.82. The van der Waals surface area contributed by atoms with Crippen LogP contribution in [0.15, 0.2) is 0 Å². The fourth-order valence-electron chi connectivity index (χ4n) is 0.485. The van der Waals surface area contributed by atoms with Gasteiger partial charge in [-0.25, -0.2) is 0 Å². The first-order valence-corrected chi connectivity index (χ1v) is 3.57. The molecular formula is C7H18N2O. The Morgan fingerprint density at radius 2 is 1.80 bits per heavy atom. The van der Waals surface area contributed by atoms with E-state index in [9.17, 15) is 0 Å². The van der Waals surface area contributed by atoms with Gasteiger partial charge in [-0.05, 0) is 35.0 Å². The topological polar surface area (TPSA) is 24.5 Å². The van der Waals surface area contributed by atoms with Crippen molar-refractivity contribution in [1.29, 1.82) is 0 Å². The first-order chi connectivity index (χ1) is 4.57. The molecule has 0 bridgehead atoms. The van der Waals surface area contributed by atoms with E-state index in [0.717, 1.165) is 0 Å². The largest absolute Gasteiger partial charge is 0.346 e. The molecule has 0 aliphatic rings. The van der Waals surface area contributed by atoms with Crippen LogP contribution in [0.5, 0.6) is 0 Å². The molecule has 2 atom stereocenters. The highest BCUT2D eigenvalue weighted by atomic mass is 16.5. The van der Waals surface area contributed by atoms with E-state index in [1.165, 1.54) is 0 Å². The van der Waals surface area contributed by atoms with Crippen LogP contribution >= 0.6 is 0 Å². The lowest BCUT2D eigenvalue weighted by Gasteiger charge is -2.23. The second kappa shape index (κ2) is 4.66. The normalized spacial score (nSPS) is 17.4. The van der Waals surface area contributed by atoms with Crippen LogP contribution in [0.1, 0.15) is 13.8 Å². The molecular weight excluding hydrogens is 128 g/mol. The molecule has 0 aromatic carbocycles. The molecule has 0 saturated carbocycles. The number of hydrogen-bond acceptors (Lipinski definition) is 3. The maximum Gasteiger partial charge on any atom is 0.109 e. The number of nitrogens with one attached hydrogen (secondary N) is 1. The Kier molecular flexibility index (Phi) is 4.60. The van der Waals surface area contributed by atoms with Gasteiger partial charge in [-0.2, -0.15) is 0 Å². The van der Waals surface area contributed by atoms with Crippen molar-refractivity contribution in [2.24, 2.45) is 0 Å². The van der Waals surface area contributed by atoms with Crippen molar-refractivity contribution in [3.63, 3.8) is 0 Å². The summed E-state index contributed by atoms with van der Waals surface area (Å²) in [5, 5.41) is 3.00. The minimum absolute atomic E-state index is 0.123. The lowest BCUT2D eigenvalue weighted by molar-refractivity contribution is -0.0731. The van der Waals surface area contributed by atoms with Gasteiger partial charge in [0.1, 0.15) is 12.5 Å². The van der Waals surface area contributed by atoms with Gasteiger partial charge in [0.25, 0.3) is 0 Å². The van der Waals surface area contributed by atoms with Crippen molar-refractivity contribution in [1.82, 2.24) is 10.2 Å². The summed E-state index contributed by atoms with van der Waals surface area (Å²) in [5.74, 6) is 0. The molecule has 2 unspecified atom stereocenters. The molecule has 0 aromatic rings. The average molecular weight is 146 g/mol. The minimum atomic E-state index is 0.123. The molecule has 0 amide bonds. The predicted octanol–water partition coefficient (Wildman–Crippen LogP) is 0.476. The zero-order valence-electron chi connectivity index (χ0n) is 7.51. The molecule has 3 heteroatoms. The van der Waals surface area contributed by atoms with Crippen LogP contribution in [0, 0.1) is 0 Å². The Labute approximate surface area is 63.4 Å². The van der Waals surface area contributed by atoms with Crippen molar-refractivity contribution >= 4 is 0 Å². The Morgan fingerprint density at radius 3 is 2.10 bits per heavy atom. The molecule has 0 radical (unpaired) electrons. The van der Waals surface area contributed by atoms with Gasteiger partial charge in [-0.1, -0.05) is 0 Å². The van der Waals surface area contributed by atoms with Crippen molar-refractivity contribution in [2.45, 2.75) is 26.3 Å². The quantitative estimate of drug-likeness (QED) is 0.584. The molecule has 10 heavy (non-hydrogen) atoms. The van der Waals surface area contributed by atoms with Crippen LogP contribution < -0.4 is 5.32 Å². The Bertz CT molecular complexity index is 85.7. The average Bonchev–Trinajstić information content (AvgIpc) is 1.87. The number of rotatable bonds is 4. The summed E-state index contributed by atoms with van der Waals surface area (Å²) in [6.07, 6.45) is 0.292.